The highest BCUT2D eigenvalue weighted by Crippen LogP contribution is 2.26. The van der Waals surface area contributed by atoms with Gasteiger partial charge in [0.1, 0.15) is 11.9 Å². The minimum absolute atomic E-state index is 0.0742. The van der Waals surface area contributed by atoms with Crippen LogP contribution in [-0.2, 0) is 0 Å². The van der Waals surface area contributed by atoms with Crippen molar-refractivity contribution < 1.29 is 4.39 Å². The zero-order valence-electron chi connectivity index (χ0n) is 11.0. The lowest BCUT2D eigenvalue weighted by atomic mass is 9.99. The SMILES string of the molecule is Cc1ccc2cc(-c3ccc(C#N)c(F)c3)ccc2c1. The first-order valence-corrected chi connectivity index (χ1v) is 6.38. The van der Waals surface area contributed by atoms with Crippen LogP contribution in [0.2, 0.25) is 0 Å². The minimum atomic E-state index is -0.478. The van der Waals surface area contributed by atoms with Gasteiger partial charge in [-0.05, 0) is 47.0 Å². The summed E-state index contributed by atoms with van der Waals surface area (Å²) in [4.78, 5) is 0. The molecule has 0 bridgehead atoms. The van der Waals surface area contributed by atoms with Crippen molar-refractivity contribution in [1.29, 1.82) is 5.26 Å². The van der Waals surface area contributed by atoms with Crippen LogP contribution in [0.1, 0.15) is 11.1 Å². The molecule has 0 N–H and O–H groups in total. The van der Waals surface area contributed by atoms with Crippen LogP contribution in [0.3, 0.4) is 0 Å². The van der Waals surface area contributed by atoms with E-state index in [1.54, 1.807) is 6.07 Å². The van der Waals surface area contributed by atoms with Gasteiger partial charge in [-0.1, -0.05) is 42.0 Å². The van der Waals surface area contributed by atoms with Crippen LogP contribution in [0.5, 0.6) is 0 Å². The predicted octanol–water partition coefficient (Wildman–Crippen LogP) is 4.83. The Morgan fingerprint density at radius 1 is 0.850 bits per heavy atom. The van der Waals surface area contributed by atoms with Crippen molar-refractivity contribution in [3.8, 4) is 17.2 Å². The maximum Gasteiger partial charge on any atom is 0.141 e. The predicted molar refractivity (Wildman–Crippen MR) is 78.8 cm³/mol. The van der Waals surface area contributed by atoms with Gasteiger partial charge < -0.3 is 0 Å². The van der Waals surface area contributed by atoms with Gasteiger partial charge in [-0.25, -0.2) is 4.39 Å². The first-order valence-electron chi connectivity index (χ1n) is 6.38. The Labute approximate surface area is 116 Å². The Bertz CT molecular complexity index is 844. The van der Waals surface area contributed by atoms with E-state index in [0.717, 1.165) is 16.5 Å². The van der Waals surface area contributed by atoms with E-state index in [0.29, 0.717) is 0 Å². The van der Waals surface area contributed by atoms with E-state index in [4.69, 9.17) is 5.26 Å². The summed E-state index contributed by atoms with van der Waals surface area (Å²) in [5.41, 5.74) is 3.02. The number of nitriles is 1. The first-order chi connectivity index (χ1) is 9.67. The van der Waals surface area contributed by atoms with Crippen molar-refractivity contribution in [2.24, 2.45) is 0 Å². The molecule has 0 fully saturated rings. The van der Waals surface area contributed by atoms with Crippen LogP contribution in [0.4, 0.5) is 4.39 Å². The molecule has 0 amide bonds. The molecule has 2 heteroatoms. The zero-order chi connectivity index (χ0) is 14.1. The van der Waals surface area contributed by atoms with Crippen molar-refractivity contribution in [3.63, 3.8) is 0 Å². The number of benzene rings is 3. The molecule has 0 saturated heterocycles. The lowest BCUT2D eigenvalue weighted by Gasteiger charge is -2.06. The molecule has 0 aromatic heterocycles. The minimum Gasteiger partial charge on any atom is -0.206 e. The highest BCUT2D eigenvalue weighted by Gasteiger charge is 2.05. The monoisotopic (exact) mass is 261 g/mol. The quantitative estimate of drug-likeness (QED) is 0.615. The van der Waals surface area contributed by atoms with Gasteiger partial charge in [0.15, 0.2) is 0 Å². The van der Waals surface area contributed by atoms with E-state index in [9.17, 15) is 4.39 Å². The summed E-state index contributed by atoms with van der Waals surface area (Å²) in [6, 6.07) is 18.8. The van der Waals surface area contributed by atoms with Crippen LogP contribution in [0, 0.1) is 24.1 Å². The summed E-state index contributed by atoms with van der Waals surface area (Å²) in [5, 5.41) is 11.0. The standard InChI is InChI=1S/C18H12FN/c1-12-2-3-14-9-15(5-4-13(14)8-12)16-6-7-17(11-20)18(19)10-16/h2-10H,1H3. The van der Waals surface area contributed by atoms with Crippen LogP contribution in [-0.4, -0.2) is 0 Å². The second kappa shape index (κ2) is 4.79. The number of halogens is 1. The summed E-state index contributed by atoms with van der Waals surface area (Å²) in [6.45, 7) is 2.06. The molecule has 0 atom stereocenters. The number of fused-ring (bicyclic) bond motifs is 1. The fourth-order valence-corrected chi connectivity index (χ4v) is 2.33. The van der Waals surface area contributed by atoms with Crippen molar-refractivity contribution in [3.05, 3.63) is 71.5 Å². The van der Waals surface area contributed by atoms with Gasteiger partial charge in [0.25, 0.3) is 0 Å². The van der Waals surface area contributed by atoms with Gasteiger partial charge in [-0.3, -0.25) is 0 Å². The van der Waals surface area contributed by atoms with E-state index >= 15 is 0 Å². The molecule has 0 saturated carbocycles. The van der Waals surface area contributed by atoms with Gasteiger partial charge in [0.05, 0.1) is 5.56 Å². The molecule has 3 rings (SSSR count). The fourth-order valence-electron chi connectivity index (χ4n) is 2.33. The van der Waals surface area contributed by atoms with Gasteiger partial charge >= 0.3 is 0 Å². The second-order valence-corrected chi connectivity index (χ2v) is 4.87. The Morgan fingerprint density at radius 2 is 1.50 bits per heavy atom. The summed E-state index contributed by atoms with van der Waals surface area (Å²) < 4.78 is 13.7. The fraction of sp³-hybridized carbons (Fsp3) is 0.0556. The maximum absolute atomic E-state index is 13.7. The molecule has 0 heterocycles. The molecule has 3 aromatic carbocycles. The first kappa shape index (κ1) is 12.4. The van der Waals surface area contributed by atoms with Crippen LogP contribution >= 0.6 is 0 Å². The smallest absolute Gasteiger partial charge is 0.141 e. The highest BCUT2D eigenvalue weighted by molar-refractivity contribution is 5.87. The van der Waals surface area contributed by atoms with E-state index in [-0.39, 0.29) is 5.56 Å². The third kappa shape index (κ3) is 2.15. The second-order valence-electron chi connectivity index (χ2n) is 4.87. The average Bonchev–Trinajstić information content (AvgIpc) is 2.46. The third-order valence-electron chi connectivity index (χ3n) is 3.42. The Hall–Kier alpha value is -2.66. The molecule has 0 aliphatic rings. The number of aryl methyl sites for hydroxylation is 1. The summed E-state index contributed by atoms with van der Waals surface area (Å²) in [7, 11) is 0. The lowest BCUT2D eigenvalue weighted by molar-refractivity contribution is 0.624. The third-order valence-corrected chi connectivity index (χ3v) is 3.42. The number of hydrogen-bond donors (Lipinski definition) is 0. The maximum atomic E-state index is 13.7. The molecular weight excluding hydrogens is 249 g/mol. The Morgan fingerprint density at radius 3 is 2.25 bits per heavy atom. The van der Waals surface area contributed by atoms with Crippen molar-refractivity contribution in [2.75, 3.05) is 0 Å². The zero-order valence-corrected chi connectivity index (χ0v) is 11.0. The molecule has 96 valence electrons. The van der Waals surface area contributed by atoms with Crippen molar-refractivity contribution >= 4 is 10.8 Å². The number of nitrogens with zero attached hydrogens (tertiary/aromatic N) is 1. The lowest BCUT2D eigenvalue weighted by Crippen LogP contribution is -1.86. The van der Waals surface area contributed by atoms with Gasteiger partial charge in [0, 0.05) is 0 Å². The molecule has 0 aliphatic carbocycles. The molecule has 0 unspecified atom stereocenters. The van der Waals surface area contributed by atoms with Crippen LogP contribution < -0.4 is 0 Å². The summed E-state index contributed by atoms with van der Waals surface area (Å²) in [6.07, 6.45) is 0. The normalized spacial score (nSPS) is 10.4. The number of rotatable bonds is 1. The van der Waals surface area contributed by atoms with E-state index in [1.807, 2.05) is 24.3 Å². The number of hydrogen-bond acceptors (Lipinski definition) is 1. The molecule has 1 nitrogen and oxygen atoms in total. The molecular formula is C18H12FN. The topological polar surface area (TPSA) is 23.8 Å². The molecule has 0 radical (unpaired) electrons. The van der Waals surface area contributed by atoms with Crippen molar-refractivity contribution in [2.45, 2.75) is 6.92 Å². The van der Waals surface area contributed by atoms with Crippen LogP contribution in [0.15, 0.2) is 54.6 Å². The Kier molecular flexibility index (Phi) is 2.96. The Balaban J connectivity index is 2.13. The molecule has 3 aromatic rings. The summed E-state index contributed by atoms with van der Waals surface area (Å²) in [5.74, 6) is -0.478. The highest BCUT2D eigenvalue weighted by atomic mass is 19.1. The average molecular weight is 261 g/mol. The molecule has 0 aliphatic heterocycles. The molecule has 20 heavy (non-hydrogen) atoms. The largest absolute Gasteiger partial charge is 0.206 e. The van der Waals surface area contributed by atoms with Gasteiger partial charge in [-0.2, -0.15) is 5.26 Å². The van der Waals surface area contributed by atoms with E-state index in [1.165, 1.54) is 23.1 Å². The van der Waals surface area contributed by atoms with Gasteiger partial charge in [0.2, 0.25) is 0 Å². The van der Waals surface area contributed by atoms with E-state index in [2.05, 4.69) is 25.1 Å². The van der Waals surface area contributed by atoms with E-state index < -0.39 is 5.82 Å². The summed E-state index contributed by atoms with van der Waals surface area (Å²) >= 11 is 0. The van der Waals surface area contributed by atoms with Crippen LogP contribution in [0.25, 0.3) is 21.9 Å². The molecule has 0 spiro atoms. The van der Waals surface area contributed by atoms with Crippen molar-refractivity contribution in [1.82, 2.24) is 0 Å². The van der Waals surface area contributed by atoms with Gasteiger partial charge in [-0.15, -0.1) is 0 Å².